The van der Waals surface area contributed by atoms with E-state index in [-0.39, 0.29) is 28.3 Å². The molecule has 204 valence electrons. The van der Waals surface area contributed by atoms with E-state index in [0.717, 1.165) is 17.7 Å². The third-order valence-electron chi connectivity index (χ3n) is 5.07. The maximum absolute atomic E-state index is 14.9. The van der Waals surface area contributed by atoms with Crippen molar-refractivity contribution in [1.29, 1.82) is 5.41 Å². The Bertz CT molecular complexity index is 1430. The molecule has 0 unspecified atom stereocenters. The summed E-state index contributed by atoms with van der Waals surface area (Å²) in [5.41, 5.74) is 2.21. The van der Waals surface area contributed by atoms with Gasteiger partial charge in [0, 0.05) is 36.4 Å². The topological polar surface area (TPSA) is 97.8 Å². The Labute approximate surface area is 228 Å². The zero-order valence-electron chi connectivity index (χ0n) is 21.3. The van der Waals surface area contributed by atoms with Crippen LogP contribution in [0, 0.1) is 11.2 Å². The number of nitrogens with one attached hydrogen (secondary N) is 5. The molecule has 1 heterocycles. The molecule has 1 aromatic heterocycles. The Kier molecular flexibility index (Phi) is 9.31. The van der Waals surface area contributed by atoms with E-state index in [9.17, 15) is 17.6 Å². The number of hydrogen-bond donors (Lipinski definition) is 5. The second-order valence-corrected chi connectivity index (χ2v) is 8.89. The first-order valence-corrected chi connectivity index (χ1v) is 11.9. The molecule has 0 aliphatic heterocycles. The van der Waals surface area contributed by atoms with Crippen LogP contribution in [0.25, 0.3) is 11.1 Å². The molecule has 2 aromatic carbocycles. The summed E-state index contributed by atoms with van der Waals surface area (Å²) in [4.78, 5) is 8.60. The van der Waals surface area contributed by atoms with E-state index in [2.05, 4.69) is 37.8 Å². The Balaban J connectivity index is 2.06. The Morgan fingerprint density at radius 3 is 2.36 bits per heavy atom. The van der Waals surface area contributed by atoms with Crippen LogP contribution >= 0.6 is 11.6 Å². The minimum atomic E-state index is -4.50. The molecule has 0 atom stereocenters. The van der Waals surface area contributed by atoms with Gasteiger partial charge in [0.15, 0.2) is 0 Å². The molecular weight excluding hydrogens is 534 g/mol. The molecule has 3 rings (SSSR count). The minimum absolute atomic E-state index is 0.00619. The summed E-state index contributed by atoms with van der Waals surface area (Å²) in [7, 11) is 1.61. The van der Waals surface area contributed by atoms with Crippen molar-refractivity contribution < 1.29 is 17.6 Å². The molecule has 0 radical (unpaired) electrons. The largest absolute Gasteiger partial charge is 0.416 e. The van der Waals surface area contributed by atoms with Gasteiger partial charge in [-0.1, -0.05) is 35.9 Å². The Hall–Kier alpha value is -4.38. The molecule has 5 N–H and O–H groups in total. The molecule has 0 saturated heterocycles. The van der Waals surface area contributed by atoms with Crippen LogP contribution in [0.4, 0.5) is 40.7 Å². The van der Waals surface area contributed by atoms with Crippen LogP contribution in [-0.2, 0) is 6.18 Å². The van der Waals surface area contributed by atoms with Crippen LogP contribution < -0.4 is 21.3 Å². The lowest BCUT2D eigenvalue weighted by molar-refractivity contribution is -0.137. The number of halogens is 5. The van der Waals surface area contributed by atoms with Gasteiger partial charge in [-0.3, -0.25) is 5.41 Å². The molecule has 0 saturated carbocycles. The van der Waals surface area contributed by atoms with E-state index >= 15 is 0 Å². The molecule has 0 aliphatic rings. The molecule has 7 nitrogen and oxygen atoms in total. The lowest BCUT2D eigenvalue weighted by Gasteiger charge is -2.16. The van der Waals surface area contributed by atoms with E-state index in [1.54, 1.807) is 7.05 Å². The smallest absolute Gasteiger partial charge is 0.392 e. The fourth-order valence-electron chi connectivity index (χ4n) is 3.40. The van der Waals surface area contributed by atoms with E-state index in [1.807, 2.05) is 19.9 Å². The average Bonchev–Trinajstić information content (AvgIpc) is 2.85. The van der Waals surface area contributed by atoms with Crippen molar-refractivity contribution in [2.24, 2.45) is 0 Å². The summed E-state index contributed by atoms with van der Waals surface area (Å²) >= 11 is 5.81. The van der Waals surface area contributed by atoms with Gasteiger partial charge < -0.3 is 21.3 Å². The normalized spacial score (nSPS) is 11.4. The maximum Gasteiger partial charge on any atom is 0.416 e. The zero-order valence-corrected chi connectivity index (χ0v) is 22.0. The summed E-state index contributed by atoms with van der Waals surface area (Å²) < 4.78 is 54.1. The lowest BCUT2D eigenvalue weighted by Crippen LogP contribution is -2.13. The van der Waals surface area contributed by atoms with Gasteiger partial charge in [0.2, 0.25) is 5.95 Å². The number of benzene rings is 2. The highest BCUT2D eigenvalue weighted by Gasteiger charge is 2.30. The average molecular weight is 560 g/mol. The molecule has 3 aromatic rings. The van der Waals surface area contributed by atoms with Gasteiger partial charge in [0.25, 0.3) is 0 Å². The second-order valence-electron chi connectivity index (χ2n) is 8.51. The quantitative estimate of drug-likeness (QED) is 0.0995. The van der Waals surface area contributed by atoms with E-state index in [0.29, 0.717) is 22.5 Å². The van der Waals surface area contributed by atoms with Gasteiger partial charge in [-0.15, -0.1) is 0 Å². The van der Waals surface area contributed by atoms with Crippen LogP contribution in [0.5, 0.6) is 0 Å². The van der Waals surface area contributed by atoms with E-state index in [1.165, 1.54) is 42.7 Å². The first-order valence-electron chi connectivity index (χ1n) is 11.5. The Morgan fingerprint density at radius 1 is 1.08 bits per heavy atom. The third kappa shape index (κ3) is 8.05. The SMILES string of the molecule is C=C(C=C(C)C)Nc1ccc(F)c(Nc2nc(N/C(=C/NC)C(=N)Cl)ncc2-c2ccc(C(F)(F)F)cc2)c1. The first kappa shape index (κ1) is 29.2. The van der Waals surface area contributed by atoms with Gasteiger partial charge >= 0.3 is 6.18 Å². The predicted molar refractivity (Wildman–Crippen MR) is 149 cm³/mol. The van der Waals surface area contributed by atoms with E-state index in [4.69, 9.17) is 17.0 Å². The number of nitrogens with zero attached hydrogens (tertiary/aromatic N) is 2. The molecule has 12 heteroatoms. The van der Waals surface area contributed by atoms with Gasteiger partial charge in [0.05, 0.1) is 16.9 Å². The molecule has 0 spiro atoms. The Morgan fingerprint density at radius 2 is 1.77 bits per heavy atom. The van der Waals surface area contributed by atoms with Gasteiger partial charge in [-0.25, -0.2) is 9.37 Å². The van der Waals surface area contributed by atoms with E-state index < -0.39 is 17.6 Å². The van der Waals surface area contributed by atoms with Crippen molar-refractivity contribution in [3.8, 4) is 11.1 Å². The summed E-state index contributed by atoms with van der Waals surface area (Å²) in [5.74, 6) is -0.499. The lowest BCUT2D eigenvalue weighted by atomic mass is 10.1. The van der Waals surface area contributed by atoms with Crippen molar-refractivity contribution in [3.63, 3.8) is 0 Å². The highest BCUT2D eigenvalue weighted by molar-refractivity contribution is 6.68. The number of anilines is 4. The number of alkyl halides is 3. The zero-order chi connectivity index (χ0) is 28.7. The van der Waals surface area contributed by atoms with Crippen LogP contribution in [-0.4, -0.2) is 22.2 Å². The van der Waals surface area contributed by atoms with Crippen LogP contribution in [0.2, 0.25) is 0 Å². The number of rotatable bonds is 10. The summed E-state index contributed by atoms with van der Waals surface area (Å²) in [6, 6.07) is 8.72. The standard InChI is InChI=1S/C27H26ClF4N7/c1-15(2)11-16(3)36-19-9-10-21(29)22(12-19)37-25-20(17-5-7-18(8-6-17)27(30,31)32)13-35-26(39-25)38-23(14-34-4)24(28)33/h5-14,33-34,36H,3H2,1-2,4H3,(H2,35,37,38,39)/b23-14+,33-24?. The fraction of sp³-hybridized carbons (Fsp3) is 0.148. The van der Waals surface area contributed by atoms with Gasteiger partial charge in [-0.2, -0.15) is 18.2 Å². The van der Waals surface area contributed by atoms with Crippen LogP contribution in [0.3, 0.4) is 0 Å². The summed E-state index contributed by atoms with van der Waals surface area (Å²) in [6.07, 6.45) is 0.111. The third-order valence-corrected chi connectivity index (χ3v) is 5.27. The highest BCUT2D eigenvalue weighted by Crippen LogP contribution is 2.34. The van der Waals surface area contributed by atoms with Gasteiger partial charge in [-0.05, 0) is 55.8 Å². The monoisotopic (exact) mass is 559 g/mol. The van der Waals surface area contributed by atoms with Crippen molar-refractivity contribution >= 4 is 39.9 Å². The molecule has 0 aliphatic carbocycles. The van der Waals surface area contributed by atoms with Crippen molar-refractivity contribution in [3.05, 3.63) is 95.9 Å². The predicted octanol–water partition coefficient (Wildman–Crippen LogP) is 7.63. The maximum atomic E-state index is 14.9. The van der Waals surface area contributed by atoms with Crippen LogP contribution in [0.15, 0.2) is 84.5 Å². The molecule has 39 heavy (non-hydrogen) atoms. The fourth-order valence-corrected chi connectivity index (χ4v) is 3.50. The first-order chi connectivity index (χ1) is 18.4. The number of allylic oxidation sites excluding steroid dienone is 3. The van der Waals surface area contributed by atoms with Gasteiger partial charge in [0.1, 0.15) is 16.8 Å². The summed E-state index contributed by atoms with van der Waals surface area (Å²) in [6.45, 7) is 7.75. The second kappa shape index (κ2) is 12.4. The number of aromatic nitrogens is 2. The van der Waals surface area contributed by atoms with Crippen LogP contribution in [0.1, 0.15) is 19.4 Å². The molecular formula is C27H26ClF4N7. The van der Waals surface area contributed by atoms with Crippen molar-refractivity contribution in [2.45, 2.75) is 20.0 Å². The molecule has 0 bridgehead atoms. The van der Waals surface area contributed by atoms with Crippen molar-refractivity contribution in [1.82, 2.24) is 15.3 Å². The minimum Gasteiger partial charge on any atom is -0.392 e. The number of hydrogen-bond acceptors (Lipinski definition) is 7. The highest BCUT2D eigenvalue weighted by atomic mass is 35.5. The van der Waals surface area contributed by atoms with Crippen molar-refractivity contribution in [2.75, 3.05) is 23.0 Å². The summed E-state index contributed by atoms with van der Waals surface area (Å²) in [5, 5.41) is 18.9. The molecule has 0 amide bonds. The molecule has 0 fully saturated rings.